The molecule has 0 atom stereocenters. The average Bonchev–Trinajstić information content (AvgIpc) is 2.37. The van der Waals surface area contributed by atoms with E-state index in [-0.39, 0.29) is 5.56 Å². The Hall–Kier alpha value is -1.000. The fourth-order valence-corrected chi connectivity index (χ4v) is 2.54. The molecule has 5 heteroatoms. The van der Waals surface area contributed by atoms with Gasteiger partial charge >= 0.3 is 6.18 Å². The molecule has 0 aliphatic rings. The van der Waals surface area contributed by atoms with Crippen molar-refractivity contribution < 1.29 is 13.2 Å². The Bertz CT molecular complexity index is 593. The summed E-state index contributed by atoms with van der Waals surface area (Å²) < 4.78 is 39.1. The maximum absolute atomic E-state index is 13.0. The lowest BCUT2D eigenvalue weighted by atomic mass is 9.96. The third kappa shape index (κ3) is 3.12. The van der Waals surface area contributed by atoms with Gasteiger partial charge in [-0.2, -0.15) is 13.2 Å². The highest BCUT2D eigenvalue weighted by Gasteiger charge is 2.33. The van der Waals surface area contributed by atoms with Crippen molar-refractivity contribution in [3.05, 3.63) is 58.6 Å². The van der Waals surface area contributed by atoms with Crippen LogP contribution < -0.4 is 0 Å². The fraction of sp³-hybridized carbons (Fsp3) is 0.143. The molecule has 0 N–H and O–H groups in total. The van der Waals surface area contributed by atoms with Crippen molar-refractivity contribution in [1.82, 2.24) is 0 Å². The van der Waals surface area contributed by atoms with Gasteiger partial charge in [0.25, 0.3) is 0 Å². The molecule has 0 bridgehead atoms. The van der Waals surface area contributed by atoms with Crippen LogP contribution in [0.4, 0.5) is 13.2 Å². The van der Waals surface area contributed by atoms with Crippen LogP contribution in [-0.2, 0) is 11.5 Å². The Kier molecular flexibility index (Phi) is 4.21. The molecule has 0 radical (unpaired) electrons. The van der Waals surface area contributed by atoms with E-state index < -0.39 is 11.7 Å². The van der Waals surface area contributed by atoms with Gasteiger partial charge in [0.15, 0.2) is 0 Å². The smallest absolute Gasteiger partial charge is 0.166 e. The Labute approximate surface area is 122 Å². The first-order valence-electron chi connectivity index (χ1n) is 5.44. The number of hydrogen-bond acceptors (Lipinski definition) is 0. The summed E-state index contributed by atoms with van der Waals surface area (Å²) in [6.45, 7) is 0. The predicted octanol–water partition coefficient (Wildman–Crippen LogP) is 5.92. The van der Waals surface area contributed by atoms with Gasteiger partial charge in [0, 0.05) is 10.4 Å². The summed E-state index contributed by atoms with van der Waals surface area (Å²) in [7, 11) is 0. The van der Waals surface area contributed by atoms with Gasteiger partial charge in [-0.05, 0) is 34.9 Å². The molecule has 0 aliphatic carbocycles. The quantitative estimate of drug-likeness (QED) is 0.590. The van der Waals surface area contributed by atoms with Crippen LogP contribution in [0, 0.1) is 0 Å². The third-order valence-corrected chi connectivity index (χ3v) is 3.58. The number of benzene rings is 2. The van der Waals surface area contributed by atoms with Gasteiger partial charge in [0.05, 0.1) is 5.56 Å². The maximum Gasteiger partial charge on any atom is 0.417 e. The second kappa shape index (κ2) is 5.55. The highest BCUT2D eigenvalue weighted by Crippen LogP contribution is 2.39. The minimum atomic E-state index is -4.39. The Balaban J connectivity index is 2.69. The number of halogens is 5. The van der Waals surface area contributed by atoms with Gasteiger partial charge in [0.1, 0.15) is 0 Å². The van der Waals surface area contributed by atoms with E-state index in [0.717, 1.165) is 11.6 Å². The van der Waals surface area contributed by atoms with Gasteiger partial charge < -0.3 is 0 Å². The summed E-state index contributed by atoms with van der Waals surface area (Å²) in [5.74, 6) is 0. The maximum atomic E-state index is 13.0. The lowest BCUT2D eigenvalue weighted by molar-refractivity contribution is -0.137. The lowest BCUT2D eigenvalue weighted by Gasteiger charge is -2.15. The molecule has 0 aromatic heterocycles. The Morgan fingerprint density at radius 3 is 2.32 bits per heavy atom. The molecule has 0 unspecified atom stereocenters. The van der Waals surface area contributed by atoms with E-state index in [0.29, 0.717) is 15.9 Å². The van der Waals surface area contributed by atoms with Crippen LogP contribution in [0.5, 0.6) is 0 Å². The first-order valence-corrected chi connectivity index (χ1v) is 6.94. The second-order valence-corrected chi connectivity index (χ2v) is 4.98. The Morgan fingerprint density at radius 1 is 1.00 bits per heavy atom. The van der Waals surface area contributed by atoms with Crippen LogP contribution in [0.25, 0.3) is 11.1 Å². The van der Waals surface area contributed by atoms with Crippen molar-refractivity contribution in [1.29, 1.82) is 0 Å². The van der Waals surface area contributed by atoms with E-state index in [4.69, 9.17) is 11.6 Å². The summed E-state index contributed by atoms with van der Waals surface area (Å²) >= 11 is 9.17. The van der Waals surface area contributed by atoms with Crippen LogP contribution >= 0.6 is 27.5 Å². The van der Waals surface area contributed by atoms with Crippen LogP contribution in [-0.4, -0.2) is 0 Å². The number of hydrogen-bond donors (Lipinski definition) is 0. The van der Waals surface area contributed by atoms with Crippen molar-refractivity contribution >= 4 is 27.5 Å². The standard InChI is InChI=1S/C14H9BrClF3/c15-8-9-5-6-10(16)7-12(9)11-3-1-2-4-13(11)14(17,18)19/h1-7H,8H2. The molecule has 0 nitrogen and oxygen atoms in total. The molecule has 2 rings (SSSR count). The highest BCUT2D eigenvalue weighted by atomic mass is 79.9. The zero-order chi connectivity index (χ0) is 14.0. The molecule has 0 aliphatic heterocycles. The predicted molar refractivity (Wildman–Crippen MR) is 74.5 cm³/mol. The molecule has 0 amide bonds. The largest absolute Gasteiger partial charge is 0.417 e. The van der Waals surface area contributed by atoms with E-state index >= 15 is 0 Å². The summed E-state index contributed by atoms with van der Waals surface area (Å²) in [5.41, 5.74) is 0.754. The van der Waals surface area contributed by atoms with Gasteiger partial charge in [-0.25, -0.2) is 0 Å². The van der Waals surface area contributed by atoms with Gasteiger partial charge in [-0.3, -0.25) is 0 Å². The van der Waals surface area contributed by atoms with Crippen molar-refractivity contribution in [2.45, 2.75) is 11.5 Å². The van der Waals surface area contributed by atoms with E-state index in [2.05, 4.69) is 15.9 Å². The Morgan fingerprint density at radius 2 is 1.68 bits per heavy atom. The fourth-order valence-electron chi connectivity index (χ4n) is 1.88. The molecule has 0 saturated carbocycles. The summed E-state index contributed by atoms with van der Waals surface area (Å²) in [6, 6.07) is 10.4. The number of alkyl halides is 4. The first-order chi connectivity index (χ1) is 8.93. The van der Waals surface area contributed by atoms with Crippen molar-refractivity contribution in [3.63, 3.8) is 0 Å². The normalized spacial score (nSPS) is 11.6. The van der Waals surface area contributed by atoms with Crippen LogP contribution in [0.2, 0.25) is 5.02 Å². The summed E-state index contributed by atoms with van der Waals surface area (Å²) in [5, 5.41) is 0.878. The minimum absolute atomic E-state index is 0.145. The van der Waals surface area contributed by atoms with Crippen LogP contribution in [0.3, 0.4) is 0 Å². The molecular weight excluding hydrogens is 341 g/mol. The third-order valence-electron chi connectivity index (χ3n) is 2.74. The van der Waals surface area contributed by atoms with E-state index in [9.17, 15) is 13.2 Å². The summed E-state index contributed by atoms with van der Waals surface area (Å²) in [4.78, 5) is 0. The van der Waals surface area contributed by atoms with Crippen LogP contribution in [0.15, 0.2) is 42.5 Å². The highest BCUT2D eigenvalue weighted by molar-refractivity contribution is 9.08. The monoisotopic (exact) mass is 348 g/mol. The number of rotatable bonds is 2. The first kappa shape index (κ1) is 14.4. The van der Waals surface area contributed by atoms with Crippen molar-refractivity contribution in [2.75, 3.05) is 0 Å². The van der Waals surface area contributed by atoms with E-state index in [1.807, 2.05) is 0 Å². The average molecular weight is 350 g/mol. The van der Waals surface area contributed by atoms with E-state index in [1.165, 1.54) is 12.1 Å². The van der Waals surface area contributed by atoms with Crippen molar-refractivity contribution in [2.24, 2.45) is 0 Å². The van der Waals surface area contributed by atoms with E-state index in [1.54, 1.807) is 24.3 Å². The molecular formula is C14H9BrClF3. The second-order valence-electron chi connectivity index (χ2n) is 3.98. The molecule has 19 heavy (non-hydrogen) atoms. The molecule has 2 aromatic rings. The minimum Gasteiger partial charge on any atom is -0.166 e. The molecule has 0 saturated heterocycles. The van der Waals surface area contributed by atoms with Gasteiger partial charge in [-0.1, -0.05) is 51.8 Å². The van der Waals surface area contributed by atoms with Crippen LogP contribution in [0.1, 0.15) is 11.1 Å². The summed E-state index contributed by atoms with van der Waals surface area (Å²) in [6.07, 6.45) is -4.39. The molecule has 0 heterocycles. The molecule has 100 valence electrons. The van der Waals surface area contributed by atoms with Gasteiger partial charge in [-0.15, -0.1) is 0 Å². The molecule has 0 spiro atoms. The lowest BCUT2D eigenvalue weighted by Crippen LogP contribution is -2.07. The zero-order valence-corrected chi connectivity index (χ0v) is 12.0. The van der Waals surface area contributed by atoms with Gasteiger partial charge in [0.2, 0.25) is 0 Å². The van der Waals surface area contributed by atoms with Crippen molar-refractivity contribution in [3.8, 4) is 11.1 Å². The zero-order valence-electron chi connectivity index (χ0n) is 9.64. The molecule has 2 aromatic carbocycles. The topological polar surface area (TPSA) is 0 Å². The molecule has 0 fully saturated rings. The SMILES string of the molecule is FC(F)(F)c1ccccc1-c1cc(Cl)ccc1CBr.